The smallest absolute Gasteiger partial charge is 0.166 e. The highest BCUT2D eigenvalue weighted by Gasteiger charge is 2.11. The molecule has 3 heteroatoms. The number of rotatable bonds is 6. The Bertz CT molecular complexity index is 529. The van der Waals surface area contributed by atoms with E-state index in [2.05, 4.69) is 0 Å². The first-order chi connectivity index (χ1) is 9.16. The van der Waals surface area contributed by atoms with Gasteiger partial charge in [-0.15, -0.1) is 0 Å². The zero-order chi connectivity index (χ0) is 13.7. The summed E-state index contributed by atoms with van der Waals surface area (Å²) in [5, 5.41) is 0. The number of Topliss-reactive ketones (excluding diaryl/α,β-unsaturated/α-hetero) is 1. The van der Waals surface area contributed by atoms with E-state index in [4.69, 9.17) is 4.74 Å². The molecular formula is C16H19NO2. The molecule has 1 aromatic carbocycles. The van der Waals surface area contributed by atoms with Crippen molar-refractivity contribution in [1.82, 2.24) is 4.57 Å². The maximum atomic E-state index is 11.8. The van der Waals surface area contributed by atoms with Crippen molar-refractivity contribution in [3.8, 4) is 5.75 Å². The molecule has 0 aliphatic heterocycles. The monoisotopic (exact) mass is 257 g/mol. The third-order valence-corrected chi connectivity index (χ3v) is 2.92. The van der Waals surface area contributed by atoms with Gasteiger partial charge in [-0.05, 0) is 18.2 Å². The fourth-order valence-electron chi connectivity index (χ4n) is 1.84. The molecule has 0 saturated carbocycles. The first-order valence-corrected chi connectivity index (χ1v) is 6.54. The van der Waals surface area contributed by atoms with Crippen molar-refractivity contribution in [3.05, 3.63) is 54.4 Å². The molecule has 0 saturated heterocycles. The summed E-state index contributed by atoms with van der Waals surface area (Å²) in [6.45, 7) is 5.16. The Morgan fingerprint density at radius 3 is 2.63 bits per heavy atom. The third-order valence-electron chi connectivity index (χ3n) is 2.92. The number of hydrogen-bond donors (Lipinski definition) is 0. The molecule has 0 amide bonds. The van der Waals surface area contributed by atoms with E-state index in [0.717, 1.165) is 17.9 Å². The molecule has 2 aromatic rings. The van der Waals surface area contributed by atoms with Crippen LogP contribution in [0.3, 0.4) is 0 Å². The molecule has 0 radical (unpaired) electrons. The lowest BCUT2D eigenvalue weighted by atomic mass is 10.0. The predicted octanol–water partition coefficient (Wildman–Crippen LogP) is 3.41. The normalized spacial score (nSPS) is 10.7. The van der Waals surface area contributed by atoms with Crippen LogP contribution >= 0.6 is 0 Å². The second-order valence-corrected chi connectivity index (χ2v) is 4.82. The Morgan fingerprint density at radius 1 is 1.21 bits per heavy atom. The second kappa shape index (κ2) is 6.23. The molecule has 19 heavy (non-hydrogen) atoms. The van der Waals surface area contributed by atoms with E-state index < -0.39 is 0 Å². The lowest BCUT2D eigenvalue weighted by molar-refractivity contribution is 0.0939. The van der Waals surface area contributed by atoms with Crippen molar-refractivity contribution in [2.45, 2.75) is 20.4 Å². The molecule has 0 fully saturated rings. The van der Waals surface area contributed by atoms with Crippen LogP contribution < -0.4 is 4.74 Å². The summed E-state index contributed by atoms with van der Waals surface area (Å²) in [5.74, 6) is 1.09. The van der Waals surface area contributed by atoms with Crippen molar-refractivity contribution < 1.29 is 9.53 Å². The van der Waals surface area contributed by atoms with Crippen molar-refractivity contribution in [2.75, 3.05) is 6.61 Å². The molecule has 0 aliphatic carbocycles. The molecule has 100 valence electrons. The fraction of sp³-hybridized carbons (Fsp3) is 0.312. The molecule has 0 aliphatic rings. The van der Waals surface area contributed by atoms with Gasteiger partial charge in [0.25, 0.3) is 0 Å². The van der Waals surface area contributed by atoms with Gasteiger partial charge in [0.05, 0.1) is 6.54 Å². The predicted molar refractivity (Wildman–Crippen MR) is 75.5 cm³/mol. The van der Waals surface area contributed by atoms with Crippen LogP contribution in [0.25, 0.3) is 0 Å². The number of ketones is 1. The zero-order valence-electron chi connectivity index (χ0n) is 11.4. The number of aromatic nitrogens is 1. The van der Waals surface area contributed by atoms with Crippen LogP contribution in [0.5, 0.6) is 5.75 Å². The van der Waals surface area contributed by atoms with E-state index >= 15 is 0 Å². The highest BCUT2D eigenvalue weighted by molar-refractivity contribution is 5.97. The summed E-state index contributed by atoms with van der Waals surface area (Å²) in [4.78, 5) is 11.8. The van der Waals surface area contributed by atoms with Crippen molar-refractivity contribution in [3.63, 3.8) is 0 Å². The number of hydrogen-bond acceptors (Lipinski definition) is 2. The topological polar surface area (TPSA) is 31.2 Å². The van der Waals surface area contributed by atoms with Crippen molar-refractivity contribution in [2.24, 2.45) is 5.92 Å². The summed E-state index contributed by atoms with van der Waals surface area (Å²) in [5.41, 5.74) is 0.773. The highest BCUT2D eigenvalue weighted by atomic mass is 16.5. The molecule has 0 bridgehead atoms. The Kier molecular flexibility index (Phi) is 4.39. The van der Waals surface area contributed by atoms with Gasteiger partial charge in [-0.2, -0.15) is 0 Å². The van der Waals surface area contributed by atoms with Gasteiger partial charge in [0.15, 0.2) is 5.78 Å². The lowest BCUT2D eigenvalue weighted by Gasteiger charge is -2.06. The third kappa shape index (κ3) is 3.71. The van der Waals surface area contributed by atoms with Crippen LogP contribution in [-0.2, 0) is 6.54 Å². The second-order valence-electron chi connectivity index (χ2n) is 4.82. The van der Waals surface area contributed by atoms with Gasteiger partial charge >= 0.3 is 0 Å². The molecule has 0 N–H and O–H groups in total. The number of carbonyl (C=O) groups is 1. The first kappa shape index (κ1) is 13.4. The van der Waals surface area contributed by atoms with Crippen LogP contribution in [0.1, 0.15) is 24.2 Å². The number of carbonyl (C=O) groups excluding carboxylic acids is 1. The Morgan fingerprint density at radius 2 is 1.95 bits per heavy atom. The van der Waals surface area contributed by atoms with E-state index in [1.165, 1.54) is 0 Å². The van der Waals surface area contributed by atoms with Gasteiger partial charge in [0.2, 0.25) is 0 Å². The standard InChI is InChI=1S/C16H19NO2/c1-13(2)16(18)14-8-9-17(12-14)10-11-19-15-6-4-3-5-7-15/h3-9,12-13H,10-11H2,1-2H3. The van der Waals surface area contributed by atoms with E-state index in [9.17, 15) is 4.79 Å². The summed E-state index contributed by atoms with van der Waals surface area (Å²) < 4.78 is 7.61. The van der Waals surface area contributed by atoms with Crippen molar-refractivity contribution in [1.29, 1.82) is 0 Å². The van der Waals surface area contributed by atoms with Gasteiger partial charge in [-0.1, -0.05) is 32.0 Å². The quantitative estimate of drug-likeness (QED) is 0.743. The molecule has 2 rings (SSSR count). The minimum Gasteiger partial charge on any atom is -0.492 e. The maximum Gasteiger partial charge on any atom is 0.166 e. The number of para-hydroxylation sites is 1. The molecule has 1 heterocycles. The first-order valence-electron chi connectivity index (χ1n) is 6.54. The molecule has 0 atom stereocenters. The van der Waals surface area contributed by atoms with Crippen LogP contribution in [0.15, 0.2) is 48.8 Å². The zero-order valence-corrected chi connectivity index (χ0v) is 11.4. The van der Waals surface area contributed by atoms with Gasteiger partial charge in [-0.3, -0.25) is 4.79 Å². The summed E-state index contributed by atoms with van der Waals surface area (Å²) in [7, 11) is 0. The van der Waals surface area contributed by atoms with Crippen LogP contribution in [0.2, 0.25) is 0 Å². The van der Waals surface area contributed by atoms with E-state index in [1.54, 1.807) is 0 Å². The van der Waals surface area contributed by atoms with Gasteiger partial charge in [0.1, 0.15) is 12.4 Å². The number of ether oxygens (including phenoxy) is 1. The fourth-order valence-corrected chi connectivity index (χ4v) is 1.84. The molecule has 3 nitrogen and oxygen atoms in total. The molecule has 0 spiro atoms. The largest absolute Gasteiger partial charge is 0.492 e. The molecular weight excluding hydrogens is 238 g/mol. The average Bonchev–Trinajstić information content (AvgIpc) is 2.88. The summed E-state index contributed by atoms with van der Waals surface area (Å²) in [6.07, 6.45) is 3.81. The van der Waals surface area contributed by atoms with Crippen LogP contribution in [-0.4, -0.2) is 17.0 Å². The highest BCUT2D eigenvalue weighted by Crippen LogP contribution is 2.10. The van der Waals surface area contributed by atoms with Gasteiger partial charge in [-0.25, -0.2) is 0 Å². The average molecular weight is 257 g/mol. The Labute approximate surface area is 113 Å². The van der Waals surface area contributed by atoms with E-state index in [0.29, 0.717) is 6.61 Å². The van der Waals surface area contributed by atoms with Gasteiger partial charge < -0.3 is 9.30 Å². The minimum absolute atomic E-state index is 0.0384. The molecule has 1 aromatic heterocycles. The van der Waals surface area contributed by atoms with Crippen LogP contribution in [0.4, 0.5) is 0 Å². The minimum atomic E-state index is 0.0384. The maximum absolute atomic E-state index is 11.8. The summed E-state index contributed by atoms with van der Waals surface area (Å²) >= 11 is 0. The van der Waals surface area contributed by atoms with E-state index in [-0.39, 0.29) is 11.7 Å². The summed E-state index contributed by atoms with van der Waals surface area (Å²) in [6, 6.07) is 11.6. The Hall–Kier alpha value is -2.03. The molecule has 0 unspecified atom stereocenters. The Balaban J connectivity index is 1.85. The number of nitrogens with zero attached hydrogens (tertiary/aromatic N) is 1. The van der Waals surface area contributed by atoms with E-state index in [1.807, 2.05) is 67.2 Å². The SMILES string of the molecule is CC(C)C(=O)c1ccn(CCOc2ccccc2)c1. The lowest BCUT2D eigenvalue weighted by Crippen LogP contribution is -2.08. The van der Waals surface area contributed by atoms with Gasteiger partial charge in [0, 0.05) is 23.9 Å². The number of benzene rings is 1. The van der Waals surface area contributed by atoms with Crippen LogP contribution in [0, 0.1) is 5.92 Å². The van der Waals surface area contributed by atoms with Crippen molar-refractivity contribution >= 4 is 5.78 Å².